The van der Waals surface area contributed by atoms with Crippen LogP contribution in [-0.4, -0.2) is 51.3 Å². The summed E-state index contributed by atoms with van der Waals surface area (Å²) in [5.41, 5.74) is 1.01. The topological polar surface area (TPSA) is 71.3 Å². The molecular weight excluding hydrogens is 495 g/mol. The fraction of sp³-hybridized carbons (Fsp3) is 0.500. The lowest BCUT2D eigenvalue weighted by Crippen LogP contribution is -2.42. The Morgan fingerprint density at radius 1 is 1.17 bits per heavy atom. The van der Waals surface area contributed by atoms with E-state index in [0.717, 1.165) is 55.0 Å². The van der Waals surface area contributed by atoms with E-state index in [1.54, 1.807) is 20.5 Å². The summed E-state index contributed by atoms with van der Waals surface area (Å²) >= 11 is 0. The first-order chi connectivity index (χ1) is 14.2. The van der Waals surface area contributed by atoms with Crippen LogP contribution in [0.5, 0.6) is 11.5 Å². The van der Waals surface area contributed by atoms with Crippen molar-refractivity contribution in [2.75, 3.05) is 40.4 Å². The molecule has 1 saturated heterocycles. The predicted molar refractivity (Wildman–Crippen MR) is 130 cm³/mol. The summed E-state index contributed by atoms with van der Waals surface area (Å²) in [6.07, 6.45) is 4.22. The number of benzene rings is 1. The quantitative estimate of drug-likeness (QED) is 0.293. The number of halogens is 1. The van der Waals surface area contributed by atoms with Crippen molar-refractivity contribution in [1.82, 2.24) is 15.5 Å². The molecule has 1 aromatic carbocycles. The van der Waals surface area contributed by atoms with Gasteiger partial charge < -0.3 is 24.5 Å². The van der Waals surface area contributed by atoms with E-state index in [1.807, 2.05) is 24.3 Å². The number of nitrogens with zero attached hydrogens (tertiary/aromatic N) is 2. The average Bonchev–Trinajstić information content (AvgIpc) is 3.47. The molecule has 2 heterocycles. The van der Waals surface area contributed by atoms with Gasteiger partial charge in [-0.25, -0.2) is 4.99 Å². The first-order valence-electron chi connectivity index (χ1n) is 10.3. The highest BCUT2D eigenvalue weighted by Crippen LogP contribution is 2.26. The van der Waals surface area contributed by atoms with Crippen LogP contribution >= 0.6 is 24.0 Å². The second-order valence-electron chi connectivity index (χ2n) is 7.03. The number of methoxy groups -OCH3 is 2. The first kappa shape index (κ1) is 24.3. The van der Waals surface area contributed by atoms with Crippen molar-refractivity contribution in [3.63, 3.8) is 0 Å². The number of guanidine groups is 1. The smallest absolute Gasteiger partial charge is 0.191 e. The molecule has 166 valence electrons. The molecule has 0 aliphatic carbocycles. The van der Waals surface area contributed by atoms with E-state index in [0.29, 0.717) is 6.54 Å². The van der Waals surface area contributed by atoms with E-state index in [-0.39, 0.29) is 30.0 Å². The zero-order chi connectivity index (χ0) is 20.5. The lowest BCUT2D eigenvalue weighted by Gasteiger charge is -2.26. The van der Waals surface area contributed by atoms with Crippen LogP contribution in [0, 0.1) is 0 Å². The number of nitrogens with one attached hydrogen (secondary N) is 2. The van der Waals surface area contributed by atoms with Crippen molar-refractivity contribution >= 4 is 29.9 Å². The summed E-state index contributed by atoms with van der Waals surface area (Å²) in [5, 5.41) is 6.82. The molecule has 7 nitrogen and oxygen atoms in total. The van der Waals surface area contributed by atoms with Gasteiger partial charge in [-0.15, -0.1) is 24.0 Å². The third-order valence-corrected chi connectivity index (χ3v) is 5.16. The normalized spacial score (nSPS) is 15.4. The minimum atomic E-state index is 0. The van der Waals surface area contributed by atoms with Crippen LogP contribution in [0.25, 0.3) is 0 Å². The zero-order valence-corrected chi connectivity index (χ0v) is 20.3. The fourth-order valence-corrected chi connectivity index (χ4v) is 3.63. The van der Waals surface area contributed by atoms with Crippen LogP contribution in [0.1, 0.15) is 37.1 Å². The number of furan rings is 1. The van der Waals surface area contributed by atoms with Crippen LogP contribution in [0.2, 0.25) is 0 Å². The summed E-state index contributed by atoms with van der Waals surface area (Å²) in [6, 6.07) is 10.00. The number of aliphatic imine (C=N–C) groups is 1. The van der Waals surface area contributed by atoms with Crippen LogP contribution in [-0.2, 0) is 6.54 Å². The maximum absolute atomic E-state index is 5.71. The average molecular weight is 528 g/mol. The van der Waals surface area contributed by atoms with Crippen LogP contribution in [0.4, 0.5) is 0 Å². The predicted octanol–water partition coefficient (Wildman–Crippen LogP) is 3.81. The van der Waals surface area contributed by atoms with Gasteiger partial charge in [0.15, 0.2) is 5.96 Å². The van der Waals surface area contributed by atoms with E-state index in [1.165, 1.54) is 12.8 Å². The Balaban J connectivity index is 0.00000320. The van der Waals surface area contributed by atoms with Gasteiger partial charge in [-0.1, -0.05) is 0 Å². The Bertz CT molecular complexity index is 777. The standard InChI is InChI=1S/C22H32N4O3.HI/c1-4-23-22(24-15-17-9-10-18(27-2)14-21(17)28-3)25-16-19(20-8-7-13-29-20)26-11-5-6-12-26;/h7-10,13-14,19H,4-6,11-12,15-16H2,1-3H3,(H2,23,24,25);1H. The van der Waals surface area contributed by atoms with Gasteiger partial charge >= 0.3 is 0 Å². The van der Waals surface area contributed by atoms with Gasteiger partial charge in [0.2, 0.25) is 0 Å². The monoisotopic (exact) mass is 528 g/mol. The molecule has 1 unspecified atom stereocenters. The third kappa shape index (κ3) is 6.53. The fourth-order valence-electron chi connectivity index (χ4n) is 3.63. The highest BCUT2D eigenvalue weighted by molar-refractivity contribution is 14.0. The molecule has 30 heavy (non-hydrogen) atoms. The lowest BCUT2D eigenvalue weighted by molar-refractivity contribution is 0.215. The molecular formula is C22H33IN4O3. The first-order valence-corrected chi connectivity index (χ1v) is 10.3. The molecule has 3 rings (SSSR count). The van der Waals surface area contributed by atoms with E-state index in [2.05, 4.69) is 28.5 Å². The Kier molecular flexibility index (Phi) is 10.3. The molecule has 0 saturated carbocycles. The summed E-state index contributed by atoms with van der Waals surface area (Å²) in [6.45, 7) is 6.31. The van der Waals surface area contributed by atoms with Gasteiger partial charge in [-0.2, -0.15) is 0 Å². The van der Waals surface area contributed by atoms with Crippen LogP contribution in [0.3, 0.4) is 0 Å². The van der Waals surface area contributed by atoms with Gasteiger partial charge in [0, 0.05) is 24.7 Å². The zero-order valence-electron chi connectivity index (χ0n) is 18.0. The molecule has 0 spiro atoms. The Morgan fingerprint density at radius 2 is 1.97 bits per heavy atom. The van der Waals surface area contributed by atoms with Crippen molar-refractivity contribution in [1.29, 1.82) is 0 Å². The Hall–Kier alpha value is -1.94. The second-order valence-corrected chi connectivity index (χ2v) is 7.03. The van der Waals surface area contributed by atoms with E-state index >= 15 is 0 Å². The number of rotatable bonds is 9. The molecule has 0 amide bonds. The maximum Gasteiger partial charge on any atom is 0.191 e. The van der Waals surface area contributed by atoms with Crippen molar-refractivity contribution < 1.29 is 13.9 Å². The molecule has 1 aliphatic heterocycles. The van der Waals surface area contributed by atoms with Gasteiger partial charge in [0.1, 0.15) is 17.3 Å². The summed E-state index contributed by atoms with van der Waals surface area (Å²) in [7, 11) is 3.31. The Morgan fingerprint density at radius 3 is 2.60 bits per heavy atom. The van der Waals surface area contributed by atoms with Crippen LogP contribution < -0.4 is 20.1 Å². The molecule has 8 heteroatoms. The minimum Gasteiger partial charge on any atom is -0.497 e. The van der Waals surface area contributed by atoms with Crippen LogP contribution in [0.15, 0.2) is 46.0 Å². The van der Waals surface area contributed by atoms with E-state index in [4.69, 9.17) is 18.9 Å². The third-order valence-electron chi connectivity index (χ3n) is 5.16. The highest BCUT2D eigenvalue weighted by Gasteiger charge is 2.25. The number of ether oxygens (including phenoxy) is 2. The van der Waals surface area contributed by atoms with Crippen molar-refractivity contribution in [2.45, 2.75) is 32.4 Å². The number of hydrogen-bond acceptors (Lipinski definition) is 5. The van der Waals surface area contributed by atoms with Crippen molar-refractivity contribution in [2.24, 2.45) is 4.99 Å². The molecule has 1 fully saturated rings. The van der Waals surface area contributed by atoms with Crippen molar-refractivity contribution in [3.8, 4) is 11.5 Å². The maximum atomic E-state index is 5.71. The van der Waals surface area contributed by atoms with Gasteiger partial charge in [0.25, 0.3) is 0 Å². The highest BCUT2D eigenvalue weighted by atomic mass is 127. The molecule has 0 radical (unpaired) electrons. The minimum absolute atomic E-state index is 0. The summed E-state index contributed by atoms with van der Waals surface area (Å²) in [4.78, 5) is 7.23. The summed E-state index contributed by atoms with van der Waals surface area (Å²) < 4.78 is 16.5. The molecule has 1 aromatic heterocycles. The van der Waals surface area contributed by atoms with Gasteiger partial charge in [-0.3, -0.25) is 4.90 Å². The molecule has 1 atom stereocenters. The molecule has 2 N–H and O–H groups in total. The summed E-state index contributed by atoms with van der Waals surface area (Å²) in [5.74, 6) is 3.31. The SMILES string of the molecule is CCNC(=NCc1ccc(OC)cc1OC)NCC(c1ccco1)N1CCCC1.I. The van der Waals surface area contributed by atoms with Gasteiger partial charge in [-0.05, 0) is 57.1 Å². The number of hydrogen-bond donors (Lipinski definition) is 2. The molecule has 2 aromatic rings. The molecule has 1 aliphatic rings. The van der Waals surface area contributed by atoms with Crippen molar-refractivity contribution in [3.05, 3.63) is 47.9 Å². The molecule has 0 bridgehead atoms. The second kappa shape index (κ2) is 12.7. The van der Waals surface area contributed by atoms with Gasteiger partial charge in [0.05, 0.1) is 33.1 Å². The Labute approximate surface area is 196 Å². The lowest BCUT2D eigenvalue weighted by atomic mass is 10.2. The largest absolute Gasteiger partial charge is 0.497 e. The van der Waals surface area contributed by atoms with E-state index in [9.17, 15) is 0 Å². The number of likely N-dealkylation sites (tertiary alicyclic amines) is 1. The van der Waals surface area contributed by atoms with E-state index < -0.39 is 0 Å².